The Hall–Kier alpha value is -0.610. The van der Waals surface area contributed by atoms with Gasteiger partial charge in [0.05, 0.1) is 0 Å². The highest BCUT2D eigenvalue weighted by Gasteiger charge is 2.10. The third-order valence-electron chi connectivity index (χ3n) is 2.06. The fourth-order valence-electron chi connectivity index (χ4n) is 1.19. The van der Waals surface area contributed by atoms with E-state index < -0.39 is 0 Å². The minimum absolute atomic E-state index is 0.258. The van der Waals surface area contributed by atoms with Crippen molar-refractivity contribution in [1.82, 2.24) is 0 Å². The Morgan fingerprint density at radius 3 is 2.50 bits per heavy atom. The van der Waals surface area contributed by atoms with E-state index in [1.54, 1.807) is 0 Å². The molecule has 4 heteroatoms. The third kappa shape index (κ3) is 4.10. The van der Waals surface area contributed by atoms with Crippen LogP contribution in [-0.2, 0) is 0 Å². The van der Waals surface area contributed by atoms with Crippen LogP contribution in [0.3, 0.4) is 0 Å². The highest BCUT2D eigenvalue weighted by atomic mass is 79.9. The Morgan fingerprint density at radius 2 is 2.06 bits per heavy atom. The van der Waals surface area contributed by atoms with E-state index in [4.69, 9.17) is 18.0 Å². The van der Waals surface area contributed by atoms with E-state index in [-0.39, 0.29) is 5.41 Å². The van der Waals surface area contributed by atoms with Crippen LogP contribution in [0.25, 0.3) is 0 Å². The summed E-state index contributed by atoms with van der Waals surface area (Å²) in [5.41, 5.74) is 7.79. The maximum Gasteiger partial charge on any atom is 0.105 e. The van der Waals surface area contributed by atoms with E-state index in [1.165, 1.54) is 0 Å². The molecule has 0 saturated heterocycles. The number of anilines is 1. The average molecular weight is 301 g/mol. The fraction of sp³-hybridized carbons (Fsp3) is 0.417. The van der Waals surface area contributed by atoms with Gasteiger partial charge in [0, 0.05) is 22.3 Å². The summed E-state index contributed by atoms with van der Waals surface area (Å²) in [6.45, 7) is 7.50. The van der Waals surface area contributed by atoms with Crippen molar-refractivity contribution in [3.05, 3.63) is 28.2 Å². The Bertz CT molecular complexity index is 396. The van der Waals surface area contributed by atoms with E-state index in [0.717, 1.165) is 22.3 Å². The lowest BCUT2D eigenvalue weighted by atomic mass is 9.97. The minimum Gasteiger partial charge on any atom is -0.389 e. The first kappa shape index (κ1) is 13.5. The van der Waals surface area contributed by atoms with Crippen molar-refractivity contribution in [1.29, 1.82) is 0 Å². The van der Waals surface area contributed by atoms with Gasteiger partial charge in [0.15, 0.2) is 0 Å². The second-order valence-electron chi connectivity index (χ2n) is 4.97. The van der Waals surface area contributed by atoms with E-state index in [0.29, 0.717) is 4.99 Å². The van der Waals surface area contributed by atoms with Gasteiger partial charge in [-0.05, 0) is 39.5 Å². The summed E-state index contributed by atoms with van der Waals surface area (Å²) in [4.78, 5) is 0.411. The van der Waals surface area contributed by atoms with Gasteiger partial charge in [-0.1, -0.05) is 33.0 Å². The van der Waals surface area contributed by atoms with E-state index in [9.17, 15) is 0 Å². The molecule has 1 aromatic rings. The zero-order chi connectivity index (χ0) is 12.3. The summed E-state index contributed by atoms with van der Waals surface area (Å²) in [6.07, 6.45) is 0. The van der Waals surface area contributed by atoms with Gasteiger partial charge in [0.1, 0.15) is 4.99 Å². The molecule has 0 amide bonds. The highest BCUT2D eigenvalue weighted by molar-refractivity contribution is 9.10. The zero-order valence-electron chi connectivity index (χ0n) is 9.80. The number of nitrogens with two attached hydrogens (primary N) is 1. The van der Waals surface area contributed by atoms with Crippen molar-refractivity contribution in [3.63, 3.8) is 0 Å². The van der Waals surface area contributed by atoms with Gasteiger partial charge >= 0.3 is 0 Å². The number of nitrogens with one attached hydrogen (secondary N) is 1. The average Bonchev–Trinajstić information content (AvgIpc) is 2.13. The van der Waals surface area contributed by atoms with Crippen LogP contribution in [0.2, 0.25) is 0 Å². The molecule has 2 nitrogen and oxygen atoms in total. The summed E-state index contributed by atoms with van der Waals surface area (Å²) >= 11 is 8.40. The van der Waals surface area contributed by atoms with Gasteiger partial charge in [-0.15, -0.1) is 0 Å². The largest absolute Gasteiger partial charge is 0.389 e. The quantitative estimate of drug-likeness (QED) is 0.839. The van der Waals surface area contributed by atoms with Gasteiger partial charge in [0.2, 0.25) is 0 Å². The van der Waals surface area contributed by atoms with Crippen LogP contribution in [0.4, 0.5) is 5.69 Å². The zero-order valence-corrected chi connectivity index (χ0v) is 12.2. The molecule has 0 aliphatic heterocycles. The van der Waals surface area contributed by atoms with Crippen LogP contribution in [0.15, 0.2) is 22.7 Å². The van der Waals surface area contributed by atoms with Crippen LogP contribution < -0.4 is 11.1 Å². The number of hydrogen-bond acceptors (Lipinski definition) is 2. The molecule has 1 rings (SSSR count). The molecule has 0 atom stereocenters. The first-order chi connectivity index (χ1) is 7.29. The molecule has 88 valence electrons. The lowest BCUT2D eigenvalue weighted by Gasteiger charge is -2.20. The number of benzene rings is 1. The van der Waals surface area contributed by atoms with Gasteiger partial charge in [-0.3, -0.25) is 0 Å². The van der Waals surface area contributed by atoms with Gasteiger partial charge in [0.25, 0.3) is 0 Å². The van der Waals surface area contributed by atoms with Crippen molar-refractivity contribution in [2.45, 2.75) is 20.8 Å². The van der Waals surface area contributed by atoms with Crippen molar-refractivity contribution in [2.24, 2.45) is 11.1 Å². The van der Waals surface area contributed by atoms with E-state index in [1.807, 2.05) is 18.2 Å². The van der Waals surface area contributed by atoms with E-state index >= 15 is 0 Å². The number of hydrogen-bond donors (Lipinski definition) is 2. The SMILES string of the molecule is CC(C)(C)CNc1ccc(C(N)=S)c(Br)c1. The summed E-state index contributed by atoms with van der Waals surface area (Å²) in [6, 6.07) is 5.92. The van der Waals surface area contributed by atoms with Gasteiger partial charge in [-0.25, -0.2) is 0 Å². The molecule has 0 fully saturated rings. The predicted octanol–water partition coefficient (Wildman–Crippen LogP) is 3.54. The Balaban J connectivity index is 2.78. The van der Waals surface area contributed by atoms with Crippen LogP contribution in [-0.4, -0.2) is 11.5 Å². The molecule has 0 aromatic heterocycles. The first-order valence-electron chi connectivity index (χ1n) is 5.13. The number of halogens is 1. The maximum absolute atomic E-state index is 5.59. The minimum atomic E-state index is 0.258. The molecule has 0 bridgehead atoms. The molecule has 0 saturated carbocycles. The van der Waals surface area contributed by atoms with Crippen LogP contribution in [0, 0.1) is 5.41 Å². The molecule has 1 aromatic carbocycles. The molecule has 0 spiro atoms. The lowest BCUT2D eigenvalue weighted by Crippen LogP contribution is -2.19. The predicted molar refractivity (Wildman–Crippen MR) is 78.0 cm³/mol. The molecular weight excluding hydrogens is 284 g/mol. The first-order valence-corrected chi connectivity index (χ1v) is 6.33. The normalized spacial score (nSPS) is 11.2. The van der Waals surface area contributed by atoms with Crippen molar-refractivity contribution in [3.8, 4) is 0 Å². The van der Waals surface area contributed by atoms with Gasteiger partial charge in [-0.2, -0.15) is 0 Å². The van der Waals surface area contributed by atoms with Crippen LogP contribution in [0.1, 0.15) is 26.3 Å². The van der Waals surface area contributed by atoms with Crippen LogP contribution in [0.5, 0.6) is 0 Å². The Labute approximate surface area is 111 Å². The summed E-state index contributed by atoms with van der Waals surface area (Å²) in [7, 11) is 0. The molecule has 0 heterocycles. The summed E-state index contributed by atoms with van der Waals surface area (Å²) in [5.74, 6) is 0. The summed E-state index contributed by atoms with van der Waals surface area (Å²) in [5, 5.41) is 3.38. The molecule has 16 heavy (non-hydrogen) atoms. The maximum atomic E-state index is 5.59. The highest BCUT2D eigenvalue weighted by Crippen LogP contribution is 2.23. The molecule has 0 unspecified atom stereocenters. The van der Waals surface area contributed by atoms with Crippen molar-refractivity contribution in [2.75, 3.05) is 11.9 Å². The standard InChI is InChI=1S/C12H17BrN2S/c1-12(2,3)7-15-8-4-5-9(11(14)16)10(13)6-8/h4-6,15H,7H2,1-3H3,(H2,14,16). The molecule has 0 aliphatic rings. The monoisotopic (exact) mass is 300 g/mol. The van der Waals surface area contributed by atoms with Crippen molar-refractivity contribution >= 4 is 38.8 Å². The smallest absolute Gasteiger partial charge is 0.105 e. The van der Waals surface area contributed by atoms with E-state index in [2.05, 4.69) is 42.0 Å². The fourth-order valence-corrected chi connectivity index (χ4v) is 2.09. The van der Waals surface area contributed by atoms with Gasteiger partial charge < -0.3 is 11.1 Å². The molecule has 0 radical (unpaired) electrons. The molecular formula is C12H17BrN2S. The van der Waals surface area contributed by atoms with Crippen molar-refractivity contribution < 1.29 is 0 Å². The topological polar surface area (TPSA) is 38.0 Å². The molecule has 0 aliphatic carbocycles. The summed E-state index contributed by atoms with van der Waals surface area (Å²) < 4.78 is 0.930. The second-order valence-corrected chi connectivity index (χ2v) is 6.27. The van der Waals surface area contributed by atoms with Crippen LogP contribution >= 0.6 is 28.1 Å². The Kier molecular flexibility index (Phi) is 4.33. The Morgan fingerprint density at radius 1 is 1.44 bits per heavy atom. The number of thiocarbonyl (C=S) groups is 1. The second kappa shape index (κ2) is 5.15. The lowest BCUT2D eigenvalue weighted by molar-refractivity contribution is 0.443. The third-order valence-corrected chi connectivity index (χ3v) is 2.93. The molecule has 3 N–H and O–H groups in total. The number of rotatable bonds is 3.